The van der Waals surface area contributed by atoms with Crippen LogP contribution in [0.1, 0.15) is 34.7 Å². The van der Waals surface area contributed by atoms with Crippen molar-refractivity contribution in [1.82, 2.24) is 14.9 Å². The van der Waals surface area contributed by atoms with Crippen LogP contribution in [0.2, 0.25) is 0 Å². The van der Waals surface area contributed by atoms with Crippen LogP contribution in [0.5, 0.6) is 0 Å². The number of rotatable bonds is 4. The van der Waals surface area contributed by atoms with Crippen molar-refractivity contribution in [3.8, 4) is 11.3 Å². The second-order valence-electron chi connectivity index (χ2n) is 8.65. The fraction of sp³-hybridized carbons (Fsp3) is 0.346. The van der Waals surface area contributed by atoms with Gasteiger partial charge in [-0.2, -0.15) is 0 Å². The minimum atomic E-state index is -0.439. The molecule has 34 heavy (non-hydrogen) atoms. The molecule has 1 amide bonds. The van der Waals surface area contributed by atoms with Gasteiger partial charge in [-0.15, -0.1) is 0 Å². The second-order valence-corrected chi connectivity index (χ2v) is 8.65. The van der Waals surface area contributed by atoms with E-state index in [9.17, 15) is 13.6 Å². The Morgan fingerprint density at radius 1 is 1.00 bits per heavy atom. The second kappa shape index (κ2) is 9.85. The minimum absolute atomic E-state index is 0.115. The Balaban J connectivity index is 1.47. The number of hydrogen-bond donors (Lipinski definition) is 0. The van der Waals surface area contributed by atoms with E-state index in [0.717, 1.165) is 18.4 Å². The molecule has 6 nitrogen and oxygen atoms in total. The van der Waals surface area contributed by atoms with Crippen molar-refractivity contribution in [2.45, 2.75) is 18.8 Å². The molecular formula is C26H26F2N4O2. The number of benzene rings is 2. The molecule has 0 aliphatic carbocycles. The standard InChI is InChI=1S/C26H26F2N4O2/c27-20-9-7-18(8-10-20)19-4-3-11-32(17-19)25(33)22-16-29-26(31-12-14-34-15-13-31)30-24(22)21-5-1-2-6-23(21)28/h1-2,5-10,16,19H,3-4,11-15,17H2. The first-order valence-corrected chi connectivity index (χ1v) is 11.6. The molecule has 3 aromatic rings. The van der Waals surface area contributed by atoms with Crippen LogP contribution in [0.25, 0.3) is 11.3 Å². The zero-order valence-electron chi connectivity index (χ0n) is 18.8. The van der Waals surface area contributed by atoms with Gasteiger partial charge in [-0.1, -0.05) is 24.3 Å². The molecule has 2 saturated heterocycles. The quantitative estimate of drug-likeness (QED) is 0.577. The molecule has 8 heteroatoms. The van der Waals surface area contributed by atoms with Crippen LogP contribution >= 0.6 is 0 Å². The largest absolute Gasteiger partial charge is 0.378 e. The van der Waals surface area contributed by atoms with Gasteiger partial charge in [0.1, 0.15) is 11.6 Å². The minimum Gasteiger partial charge on any atom is -0.378 e. The van der Waals surface area contributed by atoms with Gasteiger partial charge in [0.2, 0.25) is 5.95 Å². The summed E-state index contributed by atoms with van der Waals surface area (Å²) in [5.74, 6) is -0.367. The van der Waals surface area contributed by atoms with Gasteiger partial charge in [-0.3, -0.25) is 4.79 Å². The lowest BCUT2D eigenvalue weighted by Gasteiger charge is -2.33. The number of carbonyl (C=O) groups excluding carboxylic acids is 1. The highest BCUT2D eigenvalue weighted by Crippen LogP contribution is 2.31. The Hall–Kier alpha value is -3.39. The Morgan fingerprint density at radius 2 is 1.76 bits per heavy atom. The smallest absolute Gasteiger partial charge is 0.257 e. The van der Waals surface area contributed by atoms with E-state index in [1.165, 1.54) is 24.4 Å². The van der Waals surface area contributed by atoms with Crippen molar-refractivity contribution in [3.63, 3.8) is 0 Å². The van der Waals surface area contributed by atoms with Crippen LogP contribution in [0.15, 0.2) is 54.7 Å². The molecule has 1 aromatic heterocycles. The third-order valence-corrected chi connectivity index (χ3v) is 6.48. The van der Waals surface area contributed by atoms with Crippen molar-refractivity contribution in [2.24, 2.45) is 0 Å². The maximum atomic E-state index is 14.8. The molecule has 5 rings (SSSR count). The number of hydrogen-bond acceptors (Lipinski definition) is 5. The molecule has 0 bridgehead atoms. The maximum Gasteiger partial charge on any atom is 0.257 e. The summed E-state index contributed by atoms with van der Waals surface area (Å²) in [6.07, 6.45) is 3.26. The van der Waals surface area contributed by atoms with Crippen LogP contribution < -0.4 is 4.90 Å². The topological polar surface area (TPSA) is 58.6 Å². The van der Waals surface area contributed by atoms with Gasteiger partial charge in [0, 0.05) is 43.9 Å². The molecule has 2 aliphatic heterocycles. The molecule has 176 valence electrons. The maximum absolute atomic E-state index is 14.8. The molecule has 1 atom stereocenters. The highest BCUT2D eigenvalue weighted by molar-refractivity contribution is 6.00. The molecule has 2 aromatic carbocycles. The average molecular weight is 465 g/mol. The Morgan fingerprint density at radius 3 is 2.53 bits per heavy atom. The third-order valence-electron chi connectivity index (χ3n) is 6.48. The van der Waals surface area contributed by atoms with Crippen LogP contribution in [0, 0.1) is 11.6 Å². The zero-order chi connectivity index (χ0) is 23.5. The van der Waals surface area contributed by atoms with Crippen molar-refractivity contribution >= 4 is 11.9 Å². The van der Waals surface area contributed by atoms with E-state index in [-0.39, 0.29) is 28.8 Å². The van der Waals surface area contributed by atoms with E-state index in [1.807, 2.05) is 4.90 Å². The number of halogens is 2. The number of piperidine rings is 1. The summed E-state index contributed by atoms with van der Waals surface area (Å²) < 4.78 is 33.6. The summed E-state index contributed by atoms with van der Waals surface area (Å²) in [6.45, 7) is 3.51. The van der Waals surface area contributed by atoms with Crippen LogP contribution in [-0.2, 0) is 4.74 Å². The van der Waals surface area contributed by atoms with Gasteiger partial charge in [0.05, 0.1) is 24.5 Å². The van der Waals surface area contributed by atoms with Gasteiger partial charge in [-0.25, -0.2) is 18.7 Å². The van der Waals surface area contributed by atoms with E-state index < -0.39 is 5.82 Å². The number of carbonyl (C=O) groups is 1. The predicted molar refractivity (Wildman–Crippen MR) is 125 cm³/mol. The van der Waals surface area contributed by atoms with Crippen molar-refractivity contribution < 1.29 is 18.3 Å². The molecule has 0 radical (unpaired) electrons. The Bertz CT molecular complexity index is 1170. The number of morpholine rings is 1. The number of likely N-dealkylation sites (tertiary alicyclic amines) is 1. The van der Waals surface area contributed by atoms with E-state index in [4.69, 9.17) is 4.74 Å². The first kappa shape index (κ1) is 22.4. The first-order chi connectivity index (χ1) is 16.6. The van der Waals surface area contributed by atoms with Crippen molar-refractivity contribution in [1.29, 1.82) is 0 Å². The summed E-state index contributed by atoms with van der Waals surface area (Å²) in [6, 6.07) is 12.8. The molecule has 0 spiro atoms. The third kappa shape index (κ3) is 4.63. The van der Waals surface area contributed by atoms with Gasteiger partial charge in [0.25, 0.3) is 5.91 Å². The molecule has 2 aliphatic rings. The first-order valence-electron chi connectivity index (χ1n) is 11.6. The summed E-state index contributed by atoms with van der Waals surface area (Å²) in [5.41, 5.74) is 1.85. The van der Waals surface area contributed by atoms with E-state index >= 15 is 0 Å². The fourth-order valence-corrected chi connectivity index (χ4v) is 4.64. The number of aromatic nitrogens is 2. The summed E-state index contributed by atoms with van der Waals surface area (Å²) >= 11 is 0. The molecule has 2 fully saturated rings. The predicted octanol–water partition coefficient (Wildman–Crippen LogP) is 4.28. The molecule has 0 saturated carbocycles. The molecule has 3 heterocycles. The monoisotopic (exact) mass is 464 g/mol. The number of ether oxygens (including phenoxy) is 1. The van der Waals surface area contributed by atoms with E-state index in [1.54, 1.807) is 35.2 Å². The van der Waals surface area contributed by atoms with Gasteiger partial charge < -0.3 is 14.5 Å². The molecular weight excluding hydrogens is 438 g/mol. The van der Waals surface area contributed by atoms with Gasteiger partial charge in [0.15, 0.2) is 0 Å². The zero-order valence-corrected chi connectivity index (χ0v) is 18.8. The van der Waals surface area contributed by atoms with Crippen LogP contribution in [-0.4, -0.2) is 60.2 Å². The van der Waals surface area contributed by atoms with Gasteiger partial charge in [-0.05, 0) is 42.7 Å². The lowest BCUT2D eigenvalue weighted by atomic mass is 9.90. The van der Waals surface area contributed by atoms with Gasteiger partial charge >= 0.3 is 0 Å². The van der Waals surface area contributed by atoms with E-state index in [0.29, 0.717) is 51.0 Å². The lowest BCUT2D eigenvalue weighted by molar-refractivity contribution is 0.0707. The molecule has 1 unspecified atom stereocenters. The Labute approximate surface area is 197 Å². The number of amides is 1. The molecule has 0 N–H and O–H groups in total. The lowest BCUT2D eigenvalue weighted by Crippen LogP contribution is -2.40. The average Bonchev–Trinajstić information content (AvgIpc) is 2.89. The number of nitrogens with zero attached hydrogens (tertiary/aromatic N) is 4. The van der Waals surface area contributed by atoms with Crippen molar-refractivity contribution in [2.75, 3.05) is 44.3 Å². The van der Waals surface area contributed by atoms with Crippen LogP contribution in [0.3, 0.4) is 0 Å². The summed E-state index contributed by atoms with van der Waals surface area (Å²) in [5, 5.41) is 0. The fourth-order valence-electron chi connectivity index (χ4n) is 4.64. The highest BCUT2D eigenvalue weighted by atomic mass is 19.1. The van der Waals surface area contributed by atoms with Crippen LogP contribution in [0.4, 0.5) is 14.7 Å². The van der Waals surface area contributed by atoms with E-state index in [2.05, 4.69) is 9.97 Å². The highest BCUT2D eigenvalue weighted by Gasteiger charge is 2.29. The van der Waals surface area contributed by atoms with Crippen molar-refractivity contribution in [3.05, 3.63) is 77.5 Å². The summed E-state index contributed by atoms with van der Waals surface area (Å²) in [4.78, 5) is 26.5. The normalized spacial score (nSPS) is 18.7. The number of anilines is 1. The SMILES string of the molecule is O=C(c1cnc(N2CCOCC2)nc1-c1ccccc1F)N1CCCC(c2ccc(F)cc2)C1. The summed E-state index contributed by atoms with van der Waals surface area (Å²) in [7, 11) is 0. The Kier molecular flexibility index (Phi) is 6.49.